The molecule has 2 N–H and O–H groups in total. The Labute approximate surface area is 80.7 Å². The maximum absolute atomic E-state index is 12.8. The van der Waals surface area contributed by atoms with E-state index in [-0.39, 0.29) is 0 Å². The smallest absolute Gasteiger partial charge is 0.293 e. The number of benzene rings is 1. The number of ether oxygens (including phenoxy) is 1. The number of halogens is 1. The fourth-order valence-corrected chi connectivity index (χ4v) is 0.907. The van der Waals surface area contributed by atoms with E-state index < -0.39 is 11.7 Å². The maximum atomic E-state index is 12.8. The Kier molecular flexibility index (Phi) is 3.08. The van der Waals surface area contributed by atoms with Crippen molar-refractivity contribution in [3.05, 3.63) is 29.6 Å². The molecule has 1 amide bonds. The molecule has 0 unspecified atom stereocenters. The Bertz CT molecular complexity index is 418. The standard InChI is InChI=1S/C10H8FNO2/c1-14-9-4-3-8(11)6-7(9)2-5-10(12)13/h3-4,6H,1H3,(H2,12,13). The number of carbonyl (C=O) groups is 1. The molecule has 4 heteroatoms. The van der Waals surface area contributed by atoms with Gasteiger partial charge < -0.3 is 10.5 Å². The van der Waals surface area contributed by atoms with Crippen molar-refractivity contribution in [2.45, 2.75) is 0 Å². The monoisotopic (exact) mass is 193 g/mol. The van der Waals surface area contributed by atoms with Crippen molar-refractivity contribution in [1.82, 2.24) is 0 Å². The van der Waals surface area contributed by atoms with Crippen LogP contribution in [0.1, 0.15) is 5.56 Å². The van der Waals surface area contributed by atoms with Crippen molar-refractivity contribution in [1.29, 1.82) is 0 Å². The summed E-state index contributed by atoms with van der Waals surface area (Å²) in [7, 11) is 1.43. The Balaban J connectivity index is 3.13. The molecule has 0 saturated heterocycles. The summed E-state index contributed by atoms with van der Waals surface area (Å²) >= 11 is 0. The Morgan fingerprint density at radius 2 is 2.29 bits per heavy atom. The molecule has 0 fully saturated rings. The van der Waals surface area contributed by atoms with Gasteiger partial charge in [0.25, 0.3) is 5.91 Å². The van der Waals surface area contributed by atoms with Gasteiger partial charge in [0.2, 0.25) is 0 Å². The number of carbonyl (C=O) groups excluding carboxylic acids is 1. The maximum Gasteiger partial charge on any atom is 0.293 e. The van der Waals surface area contributed by atoms with E-state index in [0.717, 1.165) is 0 Å². The lowest BCUT2D eigenvalue weighted by Gasteiger charge is -2.01. The van der Waals surface area contributed by atoms with E-state index in [1.54, 1.807) is 0 Å². The summed E-state index contributed by atoms with van der Waals surface area (Å²) in [5.74, 6) is 3.71. The van der Waals surface area contributed by atoms with Crippen LogP contribution in [-0.2, 0) is 4.79 Å². The first-order valence-electron chi connectivity index (χ1n) is 3.78. The molecule has 14 heavy (non-hydrogen) atoms. The Morgan fingerprint density at radius 1 is 1.57 bits per heavy atom. The first kappa shape index (κ1) is 10.1. The van der Waals surface area contributed by atoms with Crippen LogP contribution in [0.3, 0.4) is 0 Å². The summed E-state index contributed by atoms with van der Waals surface area (Å²) in [4.78, 5) is 10.4. The lowest BCUT2D eigenvalue weighted by Crippen LogP contribution is -2.06. The van der Waals surface area contributed by atoms with E-state index >= 15 is 0 Å². The van der Waals surface area contributed by atoms with Crippen molar-refractivity contribution in [2.75, 3.05) is 7.11 Å². The summed E-state index contributed by atoms with van der Waals surface area (Å²) in [6.45, 7) is 0. The zero-order chi connectivity index (χ0) is 10.6. The Hall–Kier alpha value is -2.02. The van der Waals surface area contributed by atoms with Gasteiger partial charge in [-0.1, -0.05) is 5.92 Å². The third-order valence-electron chi connectivity index (χ3n) is 1.48. The summed E-state index contributed by atoms with van der Waals surface area (Å²) in [5.41, 5.74) is 5.12. The molecule has 0 bridgehead atoms. The minimum Gasteiger partial charge on any atom is -0.495 e. The van der Waals surface area contributed by atoms with E-state index in [9.17, 15) is 9.18 Å². The highest BCUT2D eigenvalue weighted by Gasteiger charge is 2.01. The van der Waals surface area contributed by atoms with E-state index in [4.69, 9.17) is 10.5 Å². The zero-order valence-electron chi connectivity index (χ0n) is 7.50. The molecule has 0 atom stereocenters. The van der Waals surface area contributed by atoms with Crippen molar-refractivity contribution >= 4 is 5.91 Å². The van der Waals surface area contributed by atoms with Gasteiger partial charge >= 0.3 is 0 Å². The number of amides is 1. The van der Waals surface area contributed by atoms with Crippen molar-refractivity contribution in [3.63, 3.8) is 0 Å². The first-order valence-corrected chi connectivity index (χ1v) is 3.78. The molecular weight excluding hydrogens is 185 g/mol. The second-order valence-corrected chi connectivity index (χ2v) is 2.46. The molecule has 72 valence electrons. The van der Waals surface area contributed by atoms with Crippen LogP contribution in [0.25, 0.3) is 0 Å². The van der Waals surface area contributed by atoms with E-state index in [1.165, 1.54) is 25.3 Å². The van der Waals surface area contributed by atoms with Crippen LogP contribution in [0.5, 0.6) is 5.75 Å². The summed E-state index contributed by atoms with van der Waals surface area (Å²) < 4.78 is 17.7. The van der Waals surface area contributed by atoms with Crippen LogP contribution in [0.4, 0.5) is 4.39 Å². The largest absolute Gasteiger partial charge is 0.495 e. The molecule has 3 nitrogen and oxygen atoms in total. The van der Waals surface area contributed by atoms with Gasteiger partial charge in [-0.25, -0.2) is 4.39 Å². The van der Waals surface area contributed by atoms with Crippen LogP contribution in [0.15, 0.2) is 18.2 Å². The van der Waals surface area contributed by atoms with E-state index in [1.807, 2.05) is 0 Å². The van der Waals surface area contributed by atoms with Gasteiger partial charge in [0.05, 0.1) is 12.7 Å². The quantitative estimate of drug-likeness (QED) is 0.666. The molecular formula is C10H8FNO2. The van der Waals surface area contributed by atoms with Gasteiger partial charge in [-0.05, 0) is 18.2 Å². The normalized spacial score (nSPS) is 8.71. The number of methoxy groups -OCH3 is 1. The van der Waals surface area contributed by atoms with E-state index in [0.29, 0.717) is 11.3 Å². The average molecular weight is 193 g/mol. The predicted molar refractivity (Wildman–Crippen MR) is 49.0 cm³/mol. The lowest BCUT2D eigenvalue weighted by molar-refractivity contribution is -0.112. The molecule has 0 aliphatic carbocycles. The third kappa shape index (κ3) is 2.49. The molecule has 0 aliphatic heterocycles. The number of hydrogen-bond acceptors (Lipinski definition) is 2. The summed E-state index contributed by atoms with van der Waals surface area (Å²) in [6, 6.07) is 3.85. The topological polar surface area (TPSA) is 52.3 Å². The van der Waals surface area contributed by atoms with Crippen LogP contribution >= 0.6 is 0 Å². The number of hydrogen-bond donors (Lipinski definition) is 1. The van der Waals surface area contributed by atoms with Crippen LogP contribution in [0.2, 0.25) is 0 Å². The molecule has 0 saturated carbocycles. The van der Waals surface area contributed by atoms with Crippen LogP contribution in [-0.4, -0.2) is 13.0 Å². The predicted octanol–water partition coefficient (Wildman–Crippen LogP) is 0.671. The summed E-state index contributed by atoms with van der Waals surface area (Å²) in [5, 5.41) is 0. The fourth-order valence-electron chi connectivity index (χ4n) is 0.907. The van der Waals surface area contributed by atoms with Gasteiger partial charge in [-0.15, -0.1) is 0 Å². The van der Waals surface area contributed by atoms with Crippen molar-refractivity contribution < 1.29 is 13.9 Å². The minimum atomic E-state index is -0.767. The molecule has 0 aliphatic rings. The average Bonchev–Trinajstić information content (AvgIpc) is 2.15. The van der Waals surface area contributed by atoms with Gasteiger partial charge in [-0.2, -0.15) is 0 Å². The van der Waals surface area contributed by atoms with Gasteiger partial charge in [0.15, 0.2) is 0 Å². The second-order valence-electron chi connectivity index (χ2n) is 2.46. The van der Waals surface area contributed by atoms with Gasteiger partial charge in [0, 0.05) is 5.92 Å². The molecule has 1 aromatic rings. The van der Waals surface area contributed by atoms with Crippen molar-refractivity contribution in [2.24, 2.45) is 5.73 Å². The Morgan fingerprint density at radius 3 is 2.86 bits per heavy atom. The lowest BCUT2D eigenvalue weighted by atomic mass is 10.2. The molecule has 1 aromatic carbocycles. The first-order chi connectivity index (χ1) is 6.63. The van der Waals surface area contributed by atoms with Crippen LogP contribution in [0, 0.1) is 17.7 Å². The third-order valence-corrected chi connectivity index (χ3v) is 1.48. The van der Waals surface area contributed by atoms with Gasteiger partial charge in [-0.3, -0.25) is 4.79 Å². The summed E-state index contributed by atoms with van der Waals surface area (Å²) in [6.07, 6.45) is 0. The molecule has 0 spiro atoms. The number of rotatable bonds is 1. The minimum absolute atomic E-state index is 0.298. The molecule has 0 aromatic heterocycles. The van der Waals surface area contributed by atoms with Crippen molar-refractivity contribution in [3.8, 4) is 17.6 Å². The molecule has 1 rings (SSSR count). The number of nitrogens with two attached hydrogens (primary N) is 1. The molecule has 0 heterocycles. The number of primary amides is 1. The fraction of sp³-hybridized carbons (Fsp3) is 0.100. The van der Waals surface area contributed by atoms with Crippen LogP contribution < -0.4 is 10.5 Å². The highest BCUT2D eigenvalue weighted by Crippen LogP contribution is 2.17. The highest BCUT2D eigenvalue weighted by molar-refractivity contribution is 5.92. The SMILES string of the molecule is COc1ccc(F)cc1C#CC(N)=O. The van der Waals surface area contributed by atoms with E-state index in [2.05, 4.69) is 11.8 Å². The second kappa shape index (κ2) is 4.28. The molecule has 0 radical (unpaired) electrons. The zero-order valence-corrected chi connectivity index (χ0v) is 7.50. The van der Waals surface area contributed by atoms with Gasteiger partial charge in [0.1, 0.15) is 11.6 Å². The highest BCUT2D eigenvalue weighted by atomic mass is 19.1.